The summed E-state index contributed by atoms with van der Waals surface area (Å²) >= 11 is 0. The number of hydrogen-bond acceptors (Lipinski definition) is 3. The van der Waals surface area contributed by atoms with Crippen LogP contribution in [0.3, 0.4) is 0 Å². The van der Waals surface area contributed by atoms with Gasteiger partial charge in [0.25, 0.3) is 10.0 Å². The summed E-state index contributed by atoms with van der Waals surface area (Å²) in [5.74, 6) is -44.6. The van der Waals surface area contributed by atoms with Crippen molar-refractivity contribution in [3.8, 4) is 0 Å². The zero-order valence-corrected chi connectivity index (χ0v) is 16.1. The zero-order valence-electron chi connectivity index (χ0n) is 15.3. The van der Waals surface area contributed by atoms with Gasteiger partial charge in [-0.1, -0.05) is 6.92 Å². The second kappa shape index (κ2) is 8.52. The van der Waals surface area contributed by atoms with Crippen LogP contribution in [0.1, 0.15) is 13.3 Å². The summed E-state index contributed by atoms with van der Waals surface area (Å²) in [7, 11) is -7.47. The minimum absolute atomic E-state index is 0.698. The number of carboxylic acid groups (broad SMARTS) is 1. The van der Waals surface area contributed by atoms with E-state index in [1.807, 2.05) is 0 Å². The Morgan fingerprint density at radius 2 is 1.03 bits per heavy atom. The highest BCUT2D eigenvalue weighted by molar-refractivity contribution is 7.90. The molecule has 33 heavy (non-hydrogen) atoms. The van der Waals surface area contributed by atoms with Gasteiger partial charge in [-0.3, -0.25) is 4.79 Å². The molecule has 0 radical (unpaired) electrons. The molecule has 0 aromatic carbocycles. The minimum Gasteiger partial charge on any atom is -0.480 e. The standard InChI is InChI=1S/C12H10F15NO4S/c1-2-3-28(4-5(29)30)33(31,32)12(26,27)10(21,22)8(17,18)6(13,14)7(15,16)9(19,20)11(23,24)25/h2-4H2,1H3,(H,29,30). The fourth-order valence-corrected chi connectivity index (χ4v) is 3.44. The minimum atomic E-state index is -8.65. The van der Waals surface area contributed by atoms with Gasteiger partial charge in [0.1, 0.15) is 6.54 Å². The normalized spacial score (nSPS) is 15.8. The van der Waals surface area contributed by atoms with Crippen LogP contribution in [0.5, 0.6) is 0 Å². The molecule has 0 aromatic rings. The summed E-state index contributed by atoms with van der Waals surface area (Å²) in [4.78, 5) is 10.5. The summed E-state index contributed by atoms with van der Waals surface area (Å²) < 4.78 is 219. The number of halogens is 15. The Kier molecular flexibility index (Phi) is 8.09. The molecule has 0 amide bonds. The number of aliphatic carboxylic acids is 1. The molecular formula is C12H10F15NO4S. The molecule has 0 bridgehead atoms. The highest BCUT2D eigenvalue weighted by Gasteiger charge is 2.94. The molecule has 0 saturated heterocycles. The maximum Gasteiger partial charge on any atom is 0.460 e. The Morgan fingerprint density at radius 3 is 1.33 bits per heavy atom. The lowest BCUT2D eigenvalue weighted by molar-refractivity contribution is -0.447. The number of carbonyl (C=O) groups is 1. The van der Waals surface area contributed by atoms with E-state index in [2.05, 4.69) is 0 Å². The molecule has 5 nitrogen and oxygen atoms in total. The van der Waals surface area contributed by atoms with Gasteiger partial charge in [-0.25, -0.2) is 8.42 Å². The van der Waals surface area contributed by atoms with Gasteiger partial charge in [0.05, 0.1) is 0 Å². The van der Waals surface area contributed by atoms with Crippen LogP contribution < -0.4 is 0 Å². The van der Waals surface area contributed by atoms with Gasteiger partial charge in [0, 0.05) is 6.54 Å². The smallest absolute Gasteiger partial charge is 0.460 e. The van der Waals surface area contributed by atoms with Crippen molar-refractivity contribution in [2.75, 3.05) is 13.1 Å². The van der Waals surface area contributed by atoms with E-state index in [0.29, 0.717) is 0 Å². The first kappa shape index (κ1) is 31.3. The molecule has 0 rings (SSSR count). The Hall–Kier alpha value is -1.67. The third-order valence-corrected chi connectivity index (χ3v) is 5.64. The molecule has 0 aromatic heterocycles. The average molecular weight is 549 g/mol. The van der Waals surface area contributed by atoms with E-state index in [0.717, 1.165) is 6.92 Å². The second-order valence-corrected chi connectivity index (χ2v) is 8.10. The van der Waals surface area contributed by atoms with E-state index in [9.17, 15) is 79.1 Å². The molecule has 1 N–H and O–H groups in total. The number of carboxylic acids is 1. The van der Waals surface area contributed by atoms with Gasteiger partial charge in [0.2, 0.25) is 0 Å². The Bertz CT molecular complexity index is 836. The average Bonchev–Trinajstić information content (AvgIpc) is 2.58. The number of sulfonamides is 1. The fraction of sp³-hybridized carbons (Fsp3) is 0.917. The highest BCUT2D eigenvalue weighted by Crippen LogP contribution is 2.63. The lowest BCUT2D eigenvalue weighted by Crippen LogP contribution is -2.74. The van der Waals surface area contributed by atoms with Gasteiger partial charge in [-0.2, -0.15) is 70.2 Å². The van der Waals surface area contributed by atoms with Gasteiger partial charge >= 0.3 is 47.0 Å². The third-order valence-electron chi connectivity index (χ3n) is 3.75. The molecule has 0 atom stereocenters. The largest absolute Gasteiger partial charge is 0.480 e. The van der Waals surface area contributed by atoms with Crippen LogP contribution in [0.2, 0.25) is 0 Å². The predicted octanol–water partition coefficient (Wildman–Crippen LogP) is 4.44. The van der Waals surface area contributed by atoms with Gasteiger partial charge < -0.3 is 5.11 Å². The van der Waals surface area contributed by atoms with Crippen molar-refractivity contribution in [1.82, 2.24) is 4.31 Å². The van der Waals surface area contributed by atoms with Crippen LogP contribution in [-0.2, 0) is 14.8 Å². The van der Waals surface area contributed by atoms with Crippen molar-refractivity contribution in [1.29, 1.82) is 0 Å². The second-order valence-electron chi connectivity index (χ2n) is 6.12. The molecule has 0 aliphatic rings. The summed E-state index contributed by atoms with van der Waals surface area (Å²) in [6.07, 6.45) is -8.49. The predicted molar refractivity (Wildman–Crippen MR) is 74.2 cm³/mol. The van der Waals surface area contributed by atoms with Crippen molar-refractivity contribution < 1.29 is 84.2 Å². The molecule has 21 heteroatoms. The first-order valence-corrected chi connectivity index (χ1v) is 9.12. The summed E-state index contributed by atoms with van der Waals surface area (Å²) in [5.41, 5.74) is 0. The van der Waals surface area contributed by atoms with Crippen molar-refractivity contribution in [2.45, 2.75) is 54.4 Å². The SMILES string of the molecule is CCCN(CC(=O)O)S(=O)(=O)C(F)(F)C(F)(F)C(F)(F)C(F)(F)C(F)(F)C(F)(F)C(F)(F)F. The van der Waals surface area contributed by atoms with Crippen molar-refractivity contribution in [3.63, 3.8) is 0 Å². The first-order chi connectivity index (χ1) is 14.1. The van der Waals surface area contributed by atoms with E-state index < -0.39 is 80.9 Å². The van der Waals surface area contributed by atoms with Crippen molar-refractivity contribution in [2.24, 2.45) is 0 Å². The fourth-order valence-electron chi connectivity index (χ4n) is 1.96. The molecule has 0 unspecified atom stereocenters. The summed E-state index contributed by atoms with van der Waals surface area (Å²) in [6, 6.07) is 0. The molecular weight excluding hydrogens is 539 g/mol. The van der Waals surface area contributed by atoms with E-state index in [-0.39, 0.29) is 0 Å². The van der Waals surface area contributed by atoms with Crippen molar-refractivity contribution in [3.05, 3.63) is 0 Å². The summed E-state index contributed by atoms with van der Waals surface area (Å²) in [5, 5.41) is 0.784. The van der Waals surface area contributed by atoms with E-state index in [1.54, 1.807) is 0 Å². The van der Waals surface area contributed by atoms with E-state index >= 15 is 0 Å². The Balaban J connectivity index is 6.90. The number of alkyl halides is 15. The van der Waals surface area contributed by atoms with Crippen LogP contribution in [0, 0.1) is 0 Å². The van der Waals surface area contributed by atoms with Crippen LogP contribution in [0.4, 0.5) is 65.9 Å². The molecule has 0 aliphatic heterocycles. The monoisotopic (exact) mass is 549 g/mol. The topological polar surface area (TPSA) is 74.7 Å². The maximum absolute atomic E-state index is 13.9. The van der Waals surface area contributed by atoms with Crippen LogP contribution in [0.25, 0.3) is 0 Å². The first-order valence-electron chi connectivity index (χ1n) is 7.68. The number of rotatable bonds is 11. The van der Waals surface area contributed by atoms with Crippen molar-refractivity contribution >= 4 is 16.0 Å². The Labute approximate surface area is 173 Å². The zero-order chi connectivity index (χ0) is 27.3. The van der Waals surface area contributed by atoms with Crippen LogP contribution in [-0.4, -0.2) is 77.9 Å². The number of nitrogens with zero attached hydrogens (tertiary/aromatic N) is 1. The van der Waals surface area contributed by atoms with Crippen LogP contribution in [0.15, 0.2) is 0 Å². The van der Waals surface area contributed by atoms with Crippen LogP contribution >= 0.6 is 0 Å². The third kappa shape index (κ3) is 4.41. The molecule has 0 saturated carbocycles. The maximum atomic E-state index is 13.9. The molecule has 198 valence electrons. The highest BCUT2D eigenvalue weighted by atomic mass is 32.2. The molecule has 0 fully saturated rings. The molecule has 0 spiro atoms. The van der Waals surface area contributed by atoms with E-state index in [4.69, 9.17) is 5.11 Å². The molecule has 0 aliphatic carbocycles. The van der Waals surface area contributed by atoms with Gasteiger partial charge in [-0.05, 0) is 6.42 Å². The number of hydrogen-bond donors (Lipinski definition) is 1. The van der Waals surface area contributed by atoms with E-state index in [1.165, 1.54) is 0 Å². The lowest BCUT2D eigenvalue weighted by atomic mass is 9.94. The van der Waals surface area contributed by atoms with Gasteiger partial charge in [-0.15, -0.1) is 0 Å². The lowest BCUT2D eigenvalue weighted by Gasteiger charge is -2.41. The summed E-state index contributed by atoms with van der Waals surface area (Å²) in [6.45, 7) is -2.76. The quantitative estimate of drug-likeness (QED) is 0.387. The molecule has 0 heterocycles. The van der Waals surface area contributed by atoms with Gasteiger partial charge in [0.15, 0.2) is 0 Å². The Morgan fingerprint density at radius 1 is 0.697 bits per heavy atom.